The van der Waals surface area contributed by atoms with Crippen molar-refractivity contribution < 1.29 is 8.42 Å². The van der Waals surface area contributed by atoms with Crippen molar-refractivity contribution >= 4 is 26.0 Å². The van der Waals surface area contributed by atoms with Crippen molar-refractivity contribution in [2.75, 3.05) is 38.1 Å². The number of hydrogen-bond acceptors (Lipinski definition) is 3. The Kier molecular flexibility index (Phi) is 5.60. The van der Waals surface area contributed by atoms with Crippen molar-refractivity contribution in [3.05, 3.63) is 29.8 Å². The monoisotopic (exact) mass is 360 g/mol. The predicted molar refractivity (Wildman–Crippen MR) is 84.8 cm³/mol. The van der Waals surface area contributed by atoms with Crippen molar-refractivity contribution in [1.82, 2.24) is 9.21 Å². The van der Waals surface area contributed by atoms with Crippen LogP contribution in [0.25, 0.3) is 0 Å². The van der Waals surface area contributed by atoms with Crippen molar-refractivity contribution in [3.63, 3.8) is 0 Å². The van der Waals surface area contributed by atoms with Crippen LogP contribution in [0.3, 0.4) is 0 Å². The molecule has 20 heavy (non-hydrogen) atoms. The van der Waals surface area contributed by atoms with Gasteiger partial charge in [0, 0.05) is 31.5 Å². The van der Waals surface area contributed by atoms with E-state index in [0.717, 1.165) is 36.9 Å². The molecule has 0 unspecified atom stereocenters. The molecule has 1 aliphatic heterocycles. The average molecular weight is 361 g/mol. The van der Waals surface area contributed by atoms with Gasteiger partial charge in [-0.2, -0.15) is 4.31 Å². The van der Waals surface area contributed by atoms with E-state index in [1.165, 1.54) is 0 Å². The summed E-state index contributed by atoms with van der Waals surface area (Å²) >= 11 is 3.44. The molecule has 0 N–H and O–H groups in total. The zero-order valence-electron chi connectivity index (χ0n) is 11.8. The fraction of sp³-hybridized carbons (Fsp3) is 0.571. The standard InChI is InChI=1S/C14H21BrN2O2S/c1-13-5-2-3-6-14(13)20(18,19)17-9-4-8-16(10-7-15)11-12-17/h2-3,5-6H,4,7-12H2,1H3. The van der Waals surface area contributed by atoms with Gasteiger partial charge in [0.1, 0.15) is 0 Å². The lowest BCUT2D eigenvalue weighted by Gasteiger charge is -2.22. The lowest BCUT2D eigenvalue weighted by molar-refractivity contribution is 0.305. The molecule has 0 saturated carbocycles. The molecule has 112 valence electrons. The summed E-state index contributed by atoms with van der Waals surface area (Å²) < 4.78 is 27.1. The molecule has 0 bridgehead atoms. The number of rotatable bonds is 4. The van der Waals surface area contributed by atoms with Crippen LogP contribution < -0.4 is 0 Å². The largest absolute Gasteiger partial charge is 0.301 e. The summed E-state index contributed by atoms with van der Waals surface area (Å²) in [6.45, 7) is 5.77. The Morgan fingerprint density at radius 2 is 1.90 bits per heavy atom. The fourth-order valence-corrected chi connectivity index (χ4v) is 4.71. The van der Waals surface area contributed by atoms with Gasteiger partial charge in [0.15, 0.2) is 0 Å². The van der Waals surface area contributed by atoms with Crippen LogP contribution in [0, 0.1) is 6.92 Å². The van der Waals surface area contributed by atoms with Gasteiger partial charge in [-0.15, -0.1) is 0 Å². The van der Waals surface area contributed by atoms with Crippen LogP contribution in [0.1, 0.15) is 12.0 Å². The quantitative estimate of drug-likeness (QED) is 0.771. The van der Waals surface area contributed by atoms with Crippen LogP contribution in [0.2, 0.25) is 0 Å². The van der Waals surface area contributed by atoms with Crippen LogP contribution in [0.15, 0.2) is 29.2 Å². The molecule has 0 aromatic heterocycles. The van der Waals surface area contributed by atoms with Crippen LogP contribution in [0.5, 0.6) is 0 Å². The molecule has 1 aromatic rings. The Morgan fingerprint density at radius 3 is 2.60 bits per heavy atom. The van der Waals surface area contributed by atoms with E-state index in [4.69, 9.17) is 0 Å². The van der Waals surface area contributed by atoms with E-state index in [2.05, 4.69) is 20.8 Å². The van der Waals surface area contributed by atoms with Crippen molar-refractivity contribution in [2.45, 2.75) is 18.2 Å². The van der Waals surface area contributed by atoms with Crippen LogP contribution in [0.4, 0.5) is 0 Å². The van der Waals surface area contributed by atoms with Crippen LogP contribution in [-0.2, 0) is 10.0 Å². The Labute approximate surface area is 129 Å². The van der Waals surface area contributed by atoms with Crippen molar-refractivity contribution in [2.24, 2.45) is 0 Å². The van der Waals surface area contributed by atoms with E-state index in [1.807, 2.05) is 19.1 Å². The first-order valence-electron chi connectivity index (χ1n) is 6.90. The van der Waals surface area contributed by atoms with Gasteiger partial charge in [0.05, 0.1) is 4.90 Å². The number of halogens is 1. The highest BCUT2D eigenvalue weighted by atomic mass is 79.9. The molecule has 0 radical (unpaired) electrons. The second-order valence-electron chi connectivity index (χ2n) is 5.05. The molecular weight excluding hydrogens is 340 g/mol. The molecule has 0 aliphatic carbocycles. The summed E-state index contributed by atoms with van der Waals surface area (Å²) in [7, 11) is -3.36. The van der Waals surface area contributed by atoms with Crippen molar-refractivity contribution in [1.29, 1.82) is 0 Å². The first kappa shape index (κ1) is 15.9. The molecule has 1 aromatic carbocycles. The summed E-state index contributed by atoms with van der Waals surface area (Å²) in [6, 6.07) is 7.21. The topological polar surface area (TPSA) is 40.6 Å². The fourth-order valence-electron chi connectivity index (χ4n) is 2.52. The zero-order chi connectivity index (χ0) is 14.6. The molecule has 0 amide bonds. The number of nitrogens with zero attached hydrogens (tertiary/aromatic N) is 2. The van der Waals surface area contributed by atoms with Gasteiger partial charge in [-0.3, -0.25) is 0 Å². The lowest BCUT2D eigenvalue weighted by atomic mass is 10.2. The number of aryl methyl sites for hydroxylation is 1. The highest BCUT2D eigenvalue weighted by molar-refractivity contribution is 9.09. The first-order chi connectivity index (χ1) is 9.55. The van der Waals surface area contributed by atoms with Gasteiger partial charge in [-0.05, 0) is 31.5 Å². The highest BCUT2D eigenvalue weighted by Crippen LogP contribution is 2.20. The summed E-state index contributed by atoms with van der Waals surface area (Å²) in [6.07, 6.45) is 0.887. The Morgan fingerprint density at radius 1 is 1.15 bits per heavy atom. The minimum atomic E-state index is -3.36. The van der Waals surface area contributed by atoms with Crippen LogP contribution >= 0.6 is 15.9 Å². The van der Waals surface area contributed by atoms with Gasteiger partial charge in [0.2, 0.25) is 10.0 Å². The molecule has 1 heterocycles. The average Bonchev–Trinajstić information content (AvgIpc) is 2.65. The third-order valence-corrected chi connectivity index (χ3v) is 6.07. The number of sulfonamides is 1. The molecule has 4 nitrogen and oxygen atoms in total. The third kappa shape index (κ3) is 3.61. The van der Waals surface area contributed by atoms with E-state index >= 15 is 0 Å². The number of alkyl halides is 1. The lowest BCUT2D eigenvalue weighted by Crippen LogP contribution is -2.35. The highest BCUT2D eigenvalue weighted by Gasteiger charge is 2.27. The van der Waals surface area contributed by atoms with Gasteiger partial charge in [0.25, 0.3) is 0 Å². The summed E-state index contributed by atoms with van der Waals surface area (Å²) in [4.78, 5) is 2.75. The SMILES string of the molecule is Cc1ccccc1S(=O)(=O)N1CCCN(CCBr)CC1. The van der Waals surface area contributed by atoms with Crippen LogP contribution in [-0.4, -0.2) is 55.7 Å². The zero-order valence-corrected chi connectivity index (χ0v) is 14.2. The van der Waals surface area contributed by atoms with E-state index in [-0.39, 0.29) is 0 Å². The van der Waals surface area contributed by atoms with E-state index in [9.17, 15) is 8.42 Å². The summed E-state index contributed by atoms with van der Waals surface area (Å²) in [5.41, 5.74) is 0.814. The van der Waals surface area contributed by atoms with E-state index in [0.29, 0.717) is 18.0 Å². The maximum Gasteiger partial charge on any atom is 0.243 e. The normalized spacial score (nSPS) is 18.9. The molecule has 6 heteroatoms. The van der Waals surface area contributed by atoms with Gasteiger partial charge in [-0.1, -0.05) is 34.1 Å². The molecule has 2 rings (SSSR count). The third-order valence-electron chi connectivity index (χ3n) is 3.66. The maximum absolute atomic E-state index is 12.7. The van der Waals surface area contributed by atoms with Gasteiger partial charge < -0.3 is 4.90 Å². The summed E-state index contributed by atoms with van der Waals surface area (Å²) in [5, 5.41) is 0.928. The molecule has 1 saturated heterocycles. The molecule has 1 aliphatic rings. The maximum atomic E-state index is 12.7. The van der Waals surface area contributed by atoms with Gasteiger partial charge in [-0.25, -0.2) is 8.42 Å². The van der Waals surface area contributed by atoms with Crippen molar-refractivity contribution in [3.8, 4) is 0 Å². The number of benzene rings is 1. The Hall–Kier alpha value is -0.430. The Balaban J connectivity index is 2.16. The molecule has 0 spiro atoms. The first-order valence-corrected chi connectivity index (χ1v) is 9.46. The van der Waals surface area contributed by atoms with E-state index < -0.39 is 10.0 Å². The Bertz CT molecular complexity index is 548. The molecule has 1 fully saturated rings. The predicted octanol–water partition coefficient (Wildman–Crippen LogP) is 2.09. The second kappa shape index (κ2) is 7.02. The number of hydrogen-bond donors (Lipinski definition) is 0. The summed E-state index contributed by atoms with van der Waals surface area (Å²) in [5.74, 6) is 0. The van der Waals surface area contributed by atoms with Gasteiger partial charge >= 0.3 is 0 Å². The molecule has 0 atom stereocenters. The minimum Gasteiger partial charge on any atom is -0.301 e. The second-order valence-corrected chi connectivity index (χ2v) is 7.75. The molecular formula is C14H21BrN2O2S. The smallest absolute Gasteiger partial charge is 0.243 e. The minimum absolute atomic E-state index is 0.439. The van der Waals surface area contributed by atoms with E-state index in [1.54, 1.807) is 16.4 Å².